The Bertz CT molecular complexity index is 1340. The molecule has 14 heteroatoms. The number of esters is 4. The zero-order valence-electron chi connectivity index (χ0n) is 27.3. The van der Waals surface area contributed by atoms with Crippen LogP contribution >= 0.6 is 69.6 Å². The molecule has 266 valence electrons. The summed E-state index contributed by atoms with van der Waals surface area (Å²) >= 11 is 37.3. The van der Waals surface area contributed by atoms with Crippen LogP contribution in [0.25, 0.3) is 0 Å². The summed E-state index contributed by atoms with van der Waals surface area (Å²) in [6.07, 6.45) is 9.14. The van der Waals surface area contributed by atoms with Crippen molar-refractivity contribution in [2.45, 2.75) is 91.9 Å². The third-order valence-corrected chi connectivity index (χ3v) is 9.17. The second-order valence-corrected chi connectivity index (χ2v) is 14.3. The number of benzene rings is 2. The van der Waals surface area contributed by atoms with E-state index in [0.29, 0.717) is 24.7 Å². The van der Waals surface area contributed by atoms with Crippen LogP contribution in [0.15, 0.2) is 12.1 Å². The highest BCUT2D eigenvalue weighted by atomic mass is 35.5. The molecule has 0 aliphatic heterocycles. The van der Waals surface area contributed by atoms with Crippen molar-refractivity contribution in [3.8, 4) is 11.5 Å². The van der Waals surface area contributed by atoms with Gasteiger partial charge in [-0.3, -0.25) is 0 Å². The van der Waals surface area contributed by atoms with Gasteiger partial charge in [0.15, 0.2) is 11.5 Å². The third kappa shape index (κ3) is 13.4. The quantitative estimate of drug-likeness (QED) is 0.0483. The molecule has 0 amide bonds. The second kappa shape index (κ2) is 21.3. The number of rotatable bonds is 18. The summed E-state index contributed by atoms with van der Waals surface area (Å²) in [5.41, 5.74) is -0.924. The number of carbonyl (C=O) groups is 4. The van der Waals surface area contributed by atoms with Crippen LogP contribution in [0.4, 0.5) is 0 Å². The van der Waals surface area contributed by atoms with Gasteiger partial charge in [-0.1, -0.05) is 149 Å². The number of ether oxygens (including phenoxy) is 4. The van der Waals surface area contributed by atoms with Crippen LogP contribution in [0.5, 0.6) is 11.5 Å². The molecule has 2 aromatic rings. The predicted octanol–water partition coefficient (Wildman–Crippen LogP) is 11.6. The monoisotopic (exact) mass is 786 g/mol. The normalized spacial score (nSPS) is 11.2. The Morgan fingerprint density at radius 1 is 0.521 bits per heavy atom. The van der Waals surface area contributed by atoms with Crippen molar-refractivity contribution in [2.75, 3.05) is 13.2 Å². The molecule has 0 N–H and O–H groups in total. The van der Waals surface area contributed by atoms with E-state index in [9.17, 15) is 19.2 Å². The molecule has 0 bridgehead atoms. The topological polar surface area (TPSA) is 105 Å². The highest BCUT2D eigenvalue weighted by Gasteiger charge is 2.32. The summed E-state index contributed by atoms with van der Waals surface area (Å²) in [5, 5.41) is -1.48. The van der Waals surface area contributed by atoms with Crippen molar-refractivity contribution in [1.29, 1.82) is 0 Å². The molecule has 0 aliphatic rings. The Hall–Kier alpha value is -1.94. The van der Waals surface area contributed by atoms with Gasteiger partial charge >= 0.3 is 23.9 Å². The number of halogens is 6. The molecule has 0 aromatic heterocycles. The first kappa shape index (κ1) is 42.2. The average Bonchev–Trinajstić information content (AvgIpc) is 3.01. The first-order valence-electron chi connectivity index (χ1n) is 15.8. The van der Waals surface area contributed by atoms with E-state index < -0.39 is 46.5 Å². The summed E-state index contributed by atoms with van der Waals surface area (Å²) in [6, 6.07) is 2.25. The van der Waals surface area contributed by atoms with Crippen LogP contribution in [0.2, 0.25) is 30.1 Å². The zero-order chi connectivity index (χ0) is 36.0. The number of carbonyl (C=O) groups excluding carboxylic acids is 4. The van der Waals surface area contributed by atoms with Gasteiger partial charge in [0.25, 0.3) is 0 Å². The standard InChI is InChI=1S/C34H40Cl6O8/c1-19(2)13-9-5-7-11-15-45-31(41)25-27(39)21(35)17-23(37)29(25)47-33(43)34(44)48-30-24(38)18-22(36)28(40)26(30)32(42)46-16-12-8-6-10-14-20(3)4/h17-20H,5-16H2,1-4H3. The van der Waals surface area contributed by atoms with Crippen LogP contribution in [0, 0.1) is 11.8 Å². The molecule has 0 fully saturated rings. The van der Waals surface area contributed by atoms with Gasteiger partial charge < -0.3 is 18.9 Å². The van der Waals surface area contributed by atoms with E-state index in [-0.39, 0.29) is 43.3 Å². The molecule has 0 saturated heterocycles. The van der Waals surface area contributed by atoms with E-state index >= 15 is 0 Å². The molecule has 0 atom stereocenters. The highest BCUT2D eigenvalue weighted by molar-refractivity contribution is 6.47. The minimum Gasteiger partial charge on any atom is -0.462 e. The SMILES string of the molecule is CC(C)CCCCCCOC(=O)c1c(Cl)c(Cl)cc(Cl)c1OC(=O)C(=O)Oc1c(Cl)cc(Cl)c(Cl)c1C(=O)OCCCCCCC(C)C. The van der Waals surface area contributed by atoms with Gasteiger partial charge in [-0.25, -0.2) is 19.2 Å². The van der Waals surface area contributed by atoms with Gasteiger partial charge in [0.2, 0.25) is 0 Å². The molecule has 2 aromatic carbocycles. The van der Waals surface area contributed by atoms with E-state index in [1.54, 1.807) is 0 Å². The average molecular weight is 789 g/mol. The van der Waals surface area contributed by atoms with E-state index in [1.807, 2.05) is 0 Å². The first-order chi connectivity index (χ1) is 22.6. The van der Waals surface area contributed by atoms with Gasteiger partial charge in [0.05, 0.1) is 43.3 Å². The lowest BCUT2D eigenvalue weighted by atomic mass is 10.0. The lowest BCUT2D eigenvalue weighted by Gasteiger charge is -2.15. The first-order valence-corrected chi connectivity index (χ1v) is 18.1. The molecule has 2 rings (SSSR count). The minimum atomic E-state index is -1.64. The molecule has 0 unspecified atom stereocenters. The van der Waals surface area contributed by atoms with E-state index in [0.717, 1.165) is 63.5 Å². The van der Waals surface area contributed by atoms with Crippen LogP contribution in [-0.4, -0.2) is 37.1 Å². The van der Waals surface area contributed by atoms with Crippen molar-refractivity contribution >= 4 is 93.5 Å². The Morgan fingerprint density at radius 2 is 0.854 bits per heavy atom. The molecule has 48 heavy (non-hydrogen) atoms. The molecule has 0 spiro atoms. The zero-order valence-corrected chi connectivity index (χ0v) is 31.9. The maximum atomic E-state index is 13.0. The lowest BCUT2D eigenvalue weighted by Crippen LogP contribution is -2.27. The number of hydrogen-bond acceptors (Lipinski definition) is 8. The Balaban J connectivity index is 2.16. The maximum absolute atomic E-state index is 13.0. The largest absolute Gasteiger partial charge is 0.462 e. The van der Waals surface area contributed by atoms with E-state index in [1.165, 1.54) is 0 Å². The maximum Gasteiger partial charge on any atom is 0.423 e. The molecule has 0 heterocycles. The predicted molar refractivity (Wildman–Crippen MR) is 191 cm³/mol. The number of unbranched alkanes of at least 4 members (excludes halogenated alkanes) is 6. The summed E-state index contributed by atoms with van der Waals surface area (Å²) < 4.78 is 21.0. The molecule has 0 aliphatic carbocycles. The summed E-state index contributed by atoms with van der Waals surface area (Å²) in [7, 11) is 0. The fourth-order valence-corrected chi connectivity index (χ4v) is 5.92. The lowest BCUT2D eigenvalue weighted by molar-refractivity contribution is -0.156. The molecular formula is C34H40Cl6O8. The number of hydrogen-bond donors (Lipinski definition) is 0. The minimum absolute atomic E-state index is 0.0588. The van der Waals surface area contributed by atoms with Gasteiger partial charge in [-0.2, -0.15) is 0 Å². The van der Waals surface area contributed by atoms with Crippen molar-refractivity contribution < 1.29 is 38.1 Å². The van der Waals surface area contributed by atoms with Crippen LogP contribution < -0.4 is 9.47 Å². The molecule has 0 radical (unpaired) electrons. The Morgan fingerprint density at radius 3 is 1.19 bits per heavy atom. The summed E-state index contributed by atoms with van der Waals surface area (Å²) in [4.78, 5) is 51.9. The fraction of sp³-hybridized carbons (Fsp3) is 0.529. The van der Waals surface area contributed by atoms with Gasteiger partial charge in [-0.05, 0) is 36.8 Å². The van der Waals surface area contributed by atoms with Gasteiger partial charge in [0, 0.05) is 0 Å². The van der Waals surface area contributed by atoms with Crippen molar-refractivity contribution in [3.63, 3.8) is 0 Å². The van der Waals surface area contributed by atoms with Gasteiger partial charge in [-0.15, -0.1) is 0 Å². The van der Waals surface area contributed by atoms with Crippen molar-refractivity contribution in [2.24, 2.45) is 11.8 Å². The highest BCUT2D eigenvalue weighted by Crippen LogP contribution is 2.41. The van der Waals surface area contributed by atoms with Crippen LogP contribution in [0.1, 0.15) is 113 Å². The van der Waals surface area contributed by atoms with Crippen molar-refractivity contribution in [1.82, 2.24) is 0 Å². The smallest absolute Gasteiger partial charge is 0.423 e. The third-order valence-electron chi connectivity index (χ3n) is 7.04. The fourth-order valence-electron chi connectivity index (χ4n) is 4.48. The van der Waals surface area contributed by atoms with E-state index in [4.69, 9.17) is 88.6 Å². The summed E-state index contributed by atoms with van der Waals surface area (Å²) in [5.74, 6) is -5.17. The molecular weight excluding hydrogens is 749 g/mol. The van der Waals surface area contributed by atoms with Crippen molar-refractivity contribution in [3.05, 3.63) is 53.4 Å². The van der Waals surface area contributed by atoms with E-state index in [2.05, 4.69) is 27.7 Å². The molecule has 8 nitrogen and oxygen atoms in total. The molecule has 0 saturated carbocycles. The second-order valence-electron chi connectivity index (χ2n) is 12.0. The Labute approximate surface area is 311 Å². The van der Waals surface area contributed by atoms with Gasteiger partial charge in [0.1, 0.15) is 11.1 Å². The van der Waals surface area contributed by atoms with Crippen LogP contribution in [-0.2, 0) is 19.1 Å². The Kier molecular flexibility index (Phi) is 18.8. The summed E-state index contributed by atoms with van der Waals surface area (Å²) in [6.45, 7) is 8.73. The van der Waals surface area contributed by atoms with Crippen LogP contribution in [0.3, 0.4) is 0 Å².